The number of hydrogen-bond donors (Lipinski definition) is 0. The van der Waals surface area contributed by atoms with Gasteiger partial charge in [0, 0.05) is 22.9 Å². The maximum atomic E-state index is 14.5. The van der Waals surface area contributed by atoms with Gasteiger partial charge in [0.1, 0.15) is 29.8 Å². The first kappa shape index (κ1) is 23.7. The standard InChI is InChI=1S/C25H21F4N5O2/c1-36-23-11-15(5-6-17(23)16-9-10-30-12-16)20-13-34(32-31-20)22-8-7-18-19(26)3-2-4-21(18)33(24(22)35)14-25(27,28)29/h2-6,9-11,13,22H,7-8,12,14H2,1H3. The molecule has 0 N–H and O–H groups in total. The smallest absolute Gasteiger partial charge is 0.406 e. The van der Waals surface area contributed by atoms with E-state index < -0.39 is 30.5 Å². The molecule has 0 bridgehead atoms. The second kappa shape index (κ2) is 9.21. The van der Waals surface area contributed by atoms with Crippen molar-refractivity contribution in [2.75, 3.05) is 25.1 Å². The lowest BCUT2D eigenvalue weighted by molar-refractivity contribution is -0.134. The van der Waals surface area contributed by atoms with Crippen LogP contribution in [0.25, 0.3) is 16.8 Å². The Morgan fingerprint density at radius 2 is 2.03 bits per heavy atom. The largest absolute Gasteiger partial charge is 0.496 e. The number of amides is 1. The zero-order valence-electron chi connectivity index (χ0n) is 19.2. The van der Waals surface area contributed by atoms with Gasteiger partial charge in [0.15, 0.2) is 0 Å². The van der Waals surface area contributed by atoms with E-state index >= 15 is 0 Å². The second-order valence-corrected chi connectivity index (χ2v) is 8.51. The first-order valence-electron chi connectivity index (χ1n) is 11.2. The molecule has 1 aromatic heterocycles. The minimum atomic E-state index is -4.67. The number of aromatic nitrogens is 3. The lowest BCUT2D eigenvalue weighted by Gasteiger charge is -2.26. The first-order chi connectivity index (χ1) is 17.2. The van der Waals surface area contributed by atoms with Crippen LogP contribution in [0.5, 0.6) is 5.75 Å². The average molecular weight is 499 g/mol. The maximum absolute atomic E-state index is 14.5. The molecule has 0 radical (unpaired) electrons. The summed E-state index contributed by atoms with van der Waals surface area (Å²) in [7, 11) is 1.55. The monoisotopic (exact) mass is 499 g/mol. The molecule has 3 aromatic rings. The third kappa shape index (κ3) is 4.48. The predicted molar refractivity (Wildman–Crippen MR) is 126 cm³/mol. The number of allylic oxidation sites excluding steroid dienone is 1. The van der Waals surface area contributed by atoms with E-state index in [1.807, 2.05) is 18.2 Å². The number of carbonyl (C=O) groups is 1. The number of fused-ring (bicyclic) bond motifs is 1. The van der Waals surface area contributed by atoms with Crippen molar-refractivity contribution in [3.8, 4) is 17.0 Å². The molecule has 0 aliphatic carbocycles. The number of nitrogens with zero attached hydrogens (tertiary/aromatic N) is 5. The molecule has 2 aliphatic heterocycles. The van der Waals surface area contributed by atoms with Crippen LogP contribution in [-0.2, 0) is 11.2 Å². The molecule has 11 heteroatoms. The highest BCUT2D eigenvalue weighted by Crippen LogP contribution is 2.36. The number of anilines is 1. The summed E-state index contributed by atoms with van der Waals surface area (Å²) in [5, 5.41) is 8.20. The lowest BCUT2D eigenvalue weighted by Crippen LogP contribution is -2.42. The van der Waals surface area contributed by atoms with Gasteiger partial charge in [-0.1, -0.05) is 23.4 Å². The number of benzene rings is 2. The first-order valence-corrected chi connectivity index (χ1v) is 11.2. The van der Waals surface area contributed by atoms with Crippen LogP contribution < -0.4 is 9.64 Å². The molecule has 0 fully saturated rings. The summed E-state index contributed by atoms with van der Waals surface area (Å²) in [6, 6.07) is 8.19. The highest BCUT2D eigenvalue weighted by molar-refractivity contribution is 5.97. The van der Waals surface area contributed by atoms with Gasteiger partial charge in [-0.15, -0.1) is 5.10 Å². The van der Waals surface area contributed by atoms with Crippen LogP contribution in [0.3, 0.4) is 0 Å². The third-order valence-corrected chi connectivity index (χ3v) is 6.26. The SMILES string of the molecule is COc1cc(-c2cn(C3CCc4c(F)cccc4N(CC(F)(F)F)C3=O)nn2)ccc1C1=CC=NC1. The van der Waals surface area contributed by atoms with E-state index in [1.54, 1.807) is 19.4 Å². The zero-order valence-corrected chi connectivity index (χ0v) is 19.2. The van der Waals surface area contributed by atoms with Crippen LogP contribution in [0.1, 0.15) is 23.6 Å². The lowest BCUT2D eigenvalue weighted by atomic mass is 10.0. The molecule has 3 heterocycles. The number of alkyl halides is 3. The normalized spacial score (nSPS) is 17.7. The molecule has 2 aromatic carbocycles. The molecule has 1 unspecified atom stereocenters. The number of methoxy groups -OCH3 is 1. The van der Waals surface area contributed by atoms with Gasteiger partial charge in [-0.2, -0.15) is 13.2 Å². The van der Waals surface area contributed by atoms with Gasteiger partial charge >= 0.3 is 6.18 Å². The highest BCUT2D eigenvalue weighted by Gasteiger charge is 2.40. The Kier molecular flexibility index (Phi) is 6.07. The fourth-order valence-electron chi connectivity index (χ4n) is 4.54. The van der Waals surface area contributed by atoms with Crippen LogP contribution in [0.15, 0.2) is 53.7 Å². The summed E-state index contributed by atoms with van der Waals surface area (Å²) in [5.41, 5.74) is 2.95. The topological polar surface area (TPSA) is 72.6 Å². The predicted octanol–water partition coefficient (Wildman–Crippen LogP) is 4.64. The van der Waals surface area contributed by atoms with E-state index in [2.05, 4.69) is 15.3 Å². The number of aliphatic imine (C=N–C) groups is 1. The third-order valence-electron chi connectivity index (χ3n) is 6.26. The Balaban J connectivity index is 1.47. The molecular formula is C25H21F4N5O2. The maximum Gasteiger partial charge on any atom is 0.406 e. The van der Waals surface area contributed by atoms with E-state index in [0.717, 1.165) is 11.1 Å². The Bertz CT molecular complexity index is 1380. The van der Waals surface area contributed by atoms with E-state index in [4.69, 9.17) is 4.74 Å². The number of ether oxygens (including phenoxy) is 1. The van der Waals surface area contributed by atoms with E-state index in [0.29, 0.717) is 28.5 Å². The van der Waals surface area contributed by atoms with E-state index in [1.165, 1.54) is 29.1 Å². The Labute approximate surface area is 203 Å². The van der Waals surface area contributed by atoms with Gasteiger partial charge < -0.3 is 9.64 Å². The van der Waals surface area contributed by atoms with Gasteiger partial charge in [-0.05, 0) is 42.7 Å². The molecular weight excluding hydrogens is 478 g/mol. The molecule has 5 rings (SSSR count). The fraction of sp³-hybridized carbons (Fsp3) is 0.280. The molecule has 186 valence electrons. The number of halogens is 4. The van der Waals surface area contributed by atoms with Crippen LogP contribution in [0.2, 0.25) is 0 Å². The molecule has 1 atom stereocenters. The molecule has 1 amide bonds. The second-order valence-electron chi connectivity index (χ2n) is 8.51. The van der Waals surface area contributed by atoms with Gasteiger partial charge in [-0.25, -0.2) is 9.07 Å². The van der Waals surface area contributed by atoms with E-state index in [-0.39, 0.29) is 24.1 Å². The highest BCUT2D eigenvalue weighted by atomic mass is 19.4. The van der Waals surface area contributed by atoms with Crippen LogP contribution in [0.4, 0.5) is 23.2 Å². The van der Waals surface area contributed by atoms with Crippen molar-refractivity contribution in [3.05, 3.63) is 65.6 Å². The Morgan fingerprint density at radius 3 is 2.75 bits per heavy atom. The number of rotatable bonds is 5. The summed E-state index contributed by atoms with van der Waals surface area (Å²) < 4.78 is 61.4. The van der Waals surface area contributed by atoms with Crippen molar-refractivity contribution in [1.29, 1.82) is 0 Å². The molecule has 0 saturated carbocycles. The Morgan fingerprint density at radius 1 is 1.19 bits per heavy atom. The van der Waals surface area contributed by atoms with E-state index in [9.17, 15) is 22.4 Å². The van der Waals surface area contributed by atoms with Crippen molar-refractivity contribution in [3.63, 3.8) is 0 Å². The van der Waals surface area contributed by atoms with Gasteiger partial charge in [0.05, 0.1) is 25.5 Å². The van der Waals surface area contributed by atoms with Crippen molar-refractivity contribution in [2.24, 2.45) is 4.99 Å². The van der Waals surface area contributed by atoms with Crippen LogP contribution in [0, 0.1) is 5.82 Å². The number of hydrogen-bond acceptors (Lipinski definition) is 5. The van der Waals surface area contributed by atoms with Crippen molar-refractivity contribution in [1.82, 2.24) is 15.0 Å². The average Bonchev–Trinajstić information content (AvgIpc) is 3.53. The summed E-state index contributed by atoms with van der Waals surface area (Å²) >= 11 is 0. The van der Waals surface area contributed by atoms with Crippen LogP contribution >= 0.6 is 0 Å². The summed E-state index contributed by atoms with van der Waals surface area (Å²) in [6.45, 7) is -0.980. The number of carbonyl (C=O) groups excluding carboxylic acids is 1. The summed E-state index contributed by atoms with van der Waals surface area (Å²) in [4.78, 5) is 18.1. The van der Waals surface area contributed by atoms with Crippen molar-refractivity contribution < 1.29 is 27.1 Å². The fourth-order valence-corrected chi connectivity index (χ4v) is 4.54. The quantitative estimate of drug-likeness (QED) is 0.480. The Hall–Kier alpha value is -4.02. The summed E-state index contributed by atoms with van der Waals surface area (Å²) in [6.07, 6.45) is 0.609. The van der Waals surface area contributed by atoms with Crippen molar-refractivity contribution in [2.45, 2.75) is 25.1 Å². The molecule has 7 nitrogen and oxygen atoms in total. The zero-order chi connectivity index (χ0) is 25.4. The minimum Gasteiger partial charge on any atom is -0.496 e. The molecule has 0 spiro atoms. The van der Waals surface area contributed by atoms with Gasteiger partial charge in [0.2, 0.25) is 0 Å². The van der Waals surface area contributed by atoms with Crippen LogP contribution in [-0.4, -0.2) is 53.5 Å². The van der Waals surface area contributed by atoms with Gasteiger partial charge in [-0.3, -0.25) is 9.79 Å². The van der Waals surface area contributed by atoms with Gasteiger partial charge in [0.25, 0.3) is 5.91 Å². The molecule has 36 heavy (non-hydrogen) atoms. The van der Waals surface area contributed by atoms with Crippen molar-refractivity contribution >= 4 is 23.4 Å². The summed E-state index contributed by atoms with van der Waals surface area (Å²) in [5.74, 6) is -0.872. The molecule has 2 aliphatic rings. The minimum absolute atomic E-state index is 0.0698. The molecule has 0 saturated heterocycles.